The Morgan fingerprint density at radius 1 is 1.29 bits per heavy atom. The summed E-state index contributed by atoms with van der Waals surface area (Å²) in [5, 5.41) is 8.88. The van der Waals surface area contributed by atoms with Gasteiger partial charge in [-0.3, -0.25) is 9.69 Å². The Morgan fingerprint density at radius 2 is 2.00 bits per heavy atom. The zero-order valence-corrected chi connectivity index (χ0v) is 8.32. The van der Waals surface area contributed by atoms with Crippen molar-refractivity contribution in [1.82, 2.24) is 4.90 Å². The summed E-state index contributed by atoms with van der Waals surface area (Å²) in [6, 6.07) is 0.563. The maximum absolute atomic E-state index is 10.8. The Labute approximate surface area is 83.8 Å². The minimum Gasteiger partial charge on any atom is -0.481 e. The van der Waals surface area contributed by atoms with E-state index in [0.29, 0.717) is 6.04 Å². The van der Waals surface area contributed by atoms with Crippen molar-refractivity contribution in [3.05, 3.63) is 0 Å². The molecule has 0 saturated carbocycles. The molecule has 1 N–H and O–H groups in total. The van der Waals surface area contributed by atoms with Crippen LogP contribution in [-0.4, -0.2) is 48.3 Å². The lowest BCUT2D eigenvalue weighted by Gasteiger charge is -2.30. The number of hydrogen-bond donors (Lipinski definition) is 1. The highest BCUT2D eigenvalue weighted by atomic mass is 16.5. The lowest BCUT2D eigenvalue weighted by Crippen LogP contribution is -2.38. The third-order valence-electron chi connectivity index (χ3n) is 3.28. The number of likely N-dealkylation sites (tertiary alicyclic amines) is 1. The van der Waals surface area contributed by atoms with E-state index in [1.165, 1.54) is 0 Å². The standard InChI is InChI=1S/C10H17NO3/c12-10(13)8-1-4-11(7-8)9-2-5-14-6-3-9/h8-9H,1-7H2,(H,12,13)/t8-/m0/s1. The number of carboxylic acid groups (broad SMARTS) is 1. The van der Waals surface area contributed by atoms with E-state index in [-0.39, 0.29) is 5.92 Å². The second-order valence-electron chi connectivity index (χ2n) is 4.16. The van der Waals surface area contributed by atoms with Crippen LogP contribution in [0, 0.1) is 5.92 Å². The first kappa shape index (κ1) is 9.93. The van der Waals surface area contributed by atoms with Gasteiger partial charge in [0, 0.05) is 25.8 Å². The van der Waals surface area contributed by atoms with E-state index >= 15 is 0 Å². The molecule has 2 aliphatic heterocycles. The second-order valence-corrected chi connectivity index (χ2v) is 4.16. The summed E-state index contributed by atoms with van der Waals surface area (Å²) in [4.78, 5) is 13.1. The van der Waals surface area contributed by atoms with Crippen LogP contribution < -0.4 is 0 Å². The lowest BCUT2D eigenvalue weighted by atomic mass is 10.1. The maximum Gasteiger partial charge on any atom is 0.307 e. The molecule has 2 saturated heterocycles. The van der Waals surface area contributed by atoms with Gasteiger partial charge in [-0.1, -0.05) is 0 Å². The van der Waals surface area contributed by atoms with E-state index in [9.17, 15) is 4.79 Å². The second kappa shape index (κ2) is 4.28. The average Bonchev–Trinajstić information content (AvgIpc) is 2.68. The van der Waals surface area contributed by atoms with Gasteiger partial charge in [0.05, 0.1) is 5.92 Å². The molecular weight excluding hydrogens is 182 g/mol. The zero-order valence-electron chi connectivity index (χ0n) is 8.32. The molecule has 2 aliphatic rings. The third-order valence-corrected chi connectivity index (χ3v) is 3.28. The molecule has 0 aromatic rings. The minimum atomic E-state index is -0.639. The molecule has 2 fully saturated rings. The molecule has 0 bridgehead atoms. The average molecular weight is 199 g/mol. The van der Waals surface area contributed by atoms with Crippen molar-refractivity contribution < 1.29 is 14.6 Å². The minimum absolute atomic E-state index is 0.141. The van der Waals surface area contributed by atoms with Crippen LogP contribution in [0.3, 0.4) is 0 Å². The monoisotopic (exact) mass is 199 g/mol. The number of nitrogens with zero attached hydrogens (tertiary/aromatic N) is 1. The van der Waals surface area contributed by atoms with Crippen molar-refractivity contribution in [1.29, 1.82) is 0 Å². The molecule has 1 atom stereocenters. The molecule has 0 amide bonds. The number of ether oxygens (including phenoxy) is 1. The van der Waals surface area contributed by atoms with Gasteiger partial charge in [0.2, 0.25) is 0 Å². The number of carboxylic acids is 1. The summed E-state index contributed by atoms with van der Waals surface area (Å²) in [6.45, 7) is 3.35. The van der Waals surface area contributed by atoms with Gasteiger partial charge in [0.25, 0.3) is 0 Å². The van der Waals surface area contributed by atoms with Crippen LogP contribution in [0.15, 0.2) is 0 Å². The van der Waals surface area contributed by atoms with E-state index in [1.807, 2.05) is 0 Å². The number of hydrogen-bond acceptors (Lipinski definition) is 3. The Morgan fingerprint density at radius 3 is 2.57 bits per heavy atom. The SMILES string of the molecule is O=C(O)[C@H]1CCN(C2CCOCC2)C1. The smallest absolute Gasteiger partial charge is 0.307 e. The van der Waals surface area contributed by atoms with Crippen molar-refractivity contribution in [2.45, 2.75) is 25.3 Å². The molecule has 4 heteroatoms. The van der Waals surface area contributed by atoms with Crippen molar-refractivity contribution >= 4 is 5.97 Å². The predicted molar refractivity (Wildman–Crippen MR) is 51.2 cm³/mol. The molecule has 80 valence electrons. The molecule has 0 aliphatic carbocycles. The molecular formula is C10H17NO3. The van der Waals surface area contributed by atoms with Crippen LogP contribution in [0.4, 0.5) is 0 Å². The van der Waals surface area contributed by atoms with Crippen LogP contribution in [0.5, 0.6) is 0 Å². The molecule has 2 rings (SSSR count). The molecule has 4 nitrogen and oxygen atoms in total. The normalized spacial score (nSPS) is 30.7. The molecule has 14 heavy (non-hydrogen) atoms. The van der Waals surface area contributed by atoms with Crippen molar-refractivity contribution in [3.8, 4) is 0 Å². The Bertz CT molecular complexity index is 213. The van der Waals surface area contributed by atoms with E-state index in [2.05, 4.69) is 4.90 Å². The maximum atomic E-state index is 10.8. The first-order valence-electron chi connectivity index (χ1n) is 5.32. The van der Waals surface area contributed by atoms with Gasteiger partial charge in [-0.05, 0) is 25.8 Å². The van der Waals surface area contributed by atoms with Gasteiger partial charge >= 0.3 is 5.97 Å². The first-order chi connectivity index (χ1) is 6.77. The van der Waals surface area contributed by atoms with Gasteiger partial charge in [-0.15, -0.1) is 0 Å². The van der Waals surface area contributed by atoms with Crippen LogP contribution >= 0.6 is 0 Å². The van der Waals surface area contributed by atoms with Crippen LogP contribution in [0.2, 0.25) is 0 Å². The van der Waals surface area contributed by atoms with E-state index in [4.69, 9.17) is 9.84 Å². The molecule has 0 spiro atoms. The predicted octanol–water partition coefficient (Wildman–Crippen LogP) is 0.572. The van der Waals surface area contributed by atoms with Crippen LogP contribution in [-0.2, 0) is 9.53 Å². The van der Waals surface area contributed by atoms with Crippen LogP contribution in [0.1, 0.15) is 19.3 Å². The summed E-state index contributed by atoms with van der Waals surface area (Å²) in [6.07, 6.45) is 2.94. The van der Waals surface area contributed by atoms with Gasteiger partial charge in [0.1, 0.15) is 0 Å². The van der Waals surface area contributed by atoms with E-state index in [0.717, 1.165) is 45.6 Å². The van der Waals surface area contributed by atoms with Gasteiger partial charge in [-0.25, -0.2) is 0 Å². The Kier molecular flexibility index (Phi) is 3.03. The van der Waals surface area contributed by atoms with E-state index in [1.54, 1.807) is 0 Å². The molecule has 2 heterocycles. The number of carbonyl (C=O) groups is 1. The highest BCUT2D eigenvalue weighted by molar-refractivity contribution is 5.70. The summed E-state index contributed by atoms with van der Waals surface area (Å²) in [5.74, 6) is -0.780. The molecule has 0 radical (unpaired) electrons. The fraction of sp³-hybridized carbons (Fsp3) is 0.900. The summed E-state index contributed by atoms with van der Waals surface area (Å²) < 4.78 is 5.29. The lowest BCUT2D eigenvalue weighted by molar-refractivity contribution is -0.141. The fourth-order valence-corrected chi connectivity index (χ4v) is 2.37. The van der Waals surface area contributed by atoms with Gasteiger partial charge in [-0.2, -0.15) is 0 Å². The number of rotatable bonds is 2. The first-order valence-corrected chi connectivity index (χ1v) is 5.32. The van der Waals surface area contributed by atoms with Crippen molar-refractivity contribution in [2.75, 3.05) is 26.3 Å². The summed E-state index contributed by atoms with van der Waals surface area (Å²) in [7, 11) is 0. The Hall–Kier alpha value is -0.610. The van der Waals surface area contributed by atoms with Gasteiger partial charge < -0.3 is 9.84 Å². The highest BCUT2D eigenvalue weighted by Crippen LogP contribution is 2.23. The van der Waals surface area contributed by atoms with Crippen molar-refractivity contribution in [2.24, 2.45) is 5.92 Å². The Balaban J connectivity index is 1.85. The zero-order chi connectivity index (χ0) is 9.97. The largest absolute Gasteiger partial charge is 0.481 e. The summed E-state index contributed by atoms with van der Waals surface area (Å²) >= 11 is 0. The highest BCUT2D eigenvalue weighted by Gasteiger charge is 2.32. The van der Waals surface area contributed by atoms with Gasteiger partial charge in [0.15, 0.2) is 0 Å². The third kappa shape index (κ3) is 2.07. The molecule has 0 aromatic carbocycles. The quantitative estimate of drug-likeness (QED) is 0.706. The van der Waals surface area contributed by atoms with Crippen molar-refractivity contribution in [3.63, 3.8) is 0 Å². The van der Waals surface area contributed by atoms with E-state index < -0.39 is 5.97 Å². The molecule has 0 unspecified atom stereocenters. The summed E-state index contributed by atoms with van der Waals surface area (Å²) in [5.41, 5.74) is 0. The molecule has 0 aromatic heterocycles. The number of aliphatic carboxylic acids is 1. The fourth-order valence-electron chi connectivity index (χ4n) is 2.37. The topological polar surface area (TPSA) is 49.8 Å². The van der Waals surface area contributed by atoms with Crippen LogP contribution in [0.25, 0.3) is 0 Å².